The Morgan fingerprint density at radius 3 is 2.58 bits per heavy atom. The Balaban J connectivity index is 1.54. The average Bonchev–Trinajstić information content (AvgIpc) is 3.34. The standard InChI is InChI=1S/C23H19ClN2O5/c1-30-20-10-19(31-26-20)22(28)21-16-8-15(17(24)9-18(16)25-23(21)29)12-4-2-11(3-5-12)13-6-14(27)7-13/h2-5,8-10,13-14,27-28H,6-7H2,1H3,(H,25,29)/b22-21+. The number of halogens is 1. The number of fused-ring (bicyclic) bond motifs is 1. The molecule has 3 aromatic rings. The fourth-order valence-electron chi connectivity index (χ4n) is 4.03. The highest BCUT2D eigenvalue weighted by Crippen LogP contribution is 2.43. The molecule has 0 spiro atoms. The highest BCUT2D eigenvalue weighted by atomic mass is 35.5. The van der Waals surface area contributed by atoms with E-state index < -0.39 is 5.91 Å². The first kappa shape index (κ1) is 19.7. The number of aromatic nitrogens is 1. The number of amides is 1. The predicted molar refractivity (Wildman–Crippen MR) is 116 cm³/mol. The molecule has 0 radical (unpaired) electrons. The van der Waals surface area contributed by atoms with Gasteiger partial charge in [-0.1, -0.05) is 35.9 Å². The zero-order chi connectivity index (χ0) is 21.7. The summed E-state index contributed by atoms with van der Waals surface area (Å²) in [5.74, 6) is -0.198. The lowest BCUT2D eigenvalue weighted by atomic mass is 9.77. The molecule has 0 atom stereocenters. The summed E-state index contributed by atoms with van der Waals surface area (Å²) >= 11 is 6.51. The lowest BCUT2D eigenvalue weighted by Gasteiger charge is -2.31. The number of aliphatic hydroxyl groups excluding tert-OH is 2. The molecule has 158 valence electrons. The zero-order valence-corrected chi connectivity index (χ0v) is 17.3. The van der Waals surface area contributed by atoms with Gasteiger partial charge in [0, 0.05) is 11.1 Å². The first-order valence-electron chi connectivity index (χ1n) is 9.82. The number of nitrogens with one attached hydrogen (secondary N) is 1. The maximum atomic E-state index is 12.6. The second-order valence-corrected chi connectivity index (χ2v) is 8.14. The Kier molecular flexibility index (Phi) is 4.72. The quantitative estimate of drug-likeness (QED) is 0.405. The van der Waals surface area contributed by atoms with Crippen LogP contribution in [0.5, 0.6) is 5.88 Å². The maximum Gasteiger partial charge on any atom is 0.260 e. The Hall–Kier alpha value is -3.29. The summed E-state index contributed by atoms with van der Waals surface area (Å²) in [6.45, 7) is 0. The molecule has 1 aliphatic carbocycles. The van der Waals surface area contributed by atoms with Crippen LogP contribution in [0.4, 0.5) is 5.69 Å². The lowest BCUT2D eigenvalue weighted by molar-refractivity contribution is -0.110. The van der Waals surface area contributed by atoms with Crippen molar-refractivity contribution in [1.29, 1.82) is 0 Å². The number of anilines is 1. The van der Waals surface area contributed by atoms with Gasteiger partial charge in [-0.25, -0.2) is 0 Å². The Morgan fingerprint density at radius 2 is 1.94 bits per heavy atom. The number of hydrogen-bond acceptors (Lipinski definition) is 6. The molecule has 8 heteroatoms. The van der Waals surface area contributed by atoms with E-state index in [0.717, 1.165) is 24.0 Å². The molecule has 0 saturated heterocycles. The third-order valence-electron chi connectivity index (χ3n) is 5.83. The molecular formula is C23H19ClN2O5. The molecule has 5 rings (SSSR count). The van der Waals surface area contributed by atoms with Gasteiger partial charge in [0.2, 0.25) is 5.76 Å². The minimum atomic E-state index is -0.463. The smallest absolute Gasteiger partial charge is 0.260 e. The van der Waals surface area contributed by atoms with Crippen molar-refractivity contribution < 1.29 is 24.3 Å². The summed E-state index contributed by atoms with van der Waals surface area (Å²) < 4.78 is 10.1. The van der Waals surface area contributed by atoms with E-state index in [1.165, 1.54) is 18.7 Å². The van der Waals surface area contributed by atoms with Gasteiger partial charge in [0.05, 0.1) is 35.6 Å². The SMILES string of the molecule is COc1cc(/C(O)=C2\C(=O)Nc3cc(Cl)c(-c4ccc(C5CC(O)C5)cc4)cc32)on1. The highest BCUT2D eigenvalue weighted by Gasteiger charge is 2.32. The molecule has 2 heterocycles. The Labute approximate surface area is 182 Å². The van der Waals surface area contributed by atoms with E-state index in [0.29, 0.717) is 22.2 Å². The number of aliphatic hydroxyl groups is 2. The van der Waals surface area contributed by atoms with Crippen LogP contribution in [0.15, 0.2) is 47.0 Å². The zero-order valence-electron chi connectivity index (χ0n) is 16.6. The van der Waals surface area contributed by atoms with Crippen molar-refractivity contribution in [2.75, 3.05) is 12.4 Å². The summed E-state index contributed by atoms with van der Waals surface area (Å²) in [5.41, 5.74) is 3.90. The van der Waals surface area contributed by atoms with E-state index in [1.54, 1.807) is 12.1 Å². The fourth-order valence-corrected chi connectivity index (χ4v) is 4.30. The van der Waals surface area contributed by atoms with Crippen LogP contribution in [-0.2, 0) is 4.79 Å². The van der Waals surface area contributed by atoms with Gasteiger partial charge in [0.1, 0.15) is 0 Å². The average molecular weight is 439 g/mol. The van der Waals surface area contributed by atoms with Crippen molar-refractivity contribution in [3.63, 3.8) is 0 Å². The van der Waals surface area contributed by atoms with E-state index in [2.05, 4.69) is 10.5 Å². The molecule has 0 bridgehead atoms. The van der Waals surface area contributed by atoms with Gasteiger partial charge in [0.15, 0.2) is 5.76 Å². The summed E-state index contributed by atoms with van der Waals surface area (Å²) in [6, 6.07) is 12.9. The van der Waals surface area contributed by atoms with Gasteiger partial charge in [-0.15, -0.1) is 0 Å². The van der Waals surface area contributed by atoms with E-state index in [4.69, 9.17) is 20.9 Å². The van der Waals surface area contributed by atoms with Gasteiger partial charge in [-0.2, -0.15) is 0 Å². The maximum absolute atomic E-state index is 12.6. The molecule has 1 fully saturated rings. The highest BCUT2D eigenvalue weighted by molar-refractivity contribution is 6.38. The van der Waals surface area contributed by atoms with Crippen LogP contribution < -0.4 is 10.1 Å². The number of carbonyl (C=O) groups is 1. The summed E-state index contributed by atoms with van der Waals surface area (Å²) in [7, 11) is 1.43. The fraction of sp³-hybridized carbons (Fsp3) is 0.217. The van der Waals surface area contributed by atoms with Gasteiger partial charge in [-0.3, -0.25) is 4.79 Å². The number of ether oxygens (including phenoxy) is 1. The number of rotatable bonds is 4. The topological polar surface area (TPSA) is 105 Å². The van der Waals surface area contributed by atoms with Crippen LogP contribution in [0.2, 0.25) is 5.02 Å². The number of nitrogens with zero attached hydrogens (tertiary/aromatic N) is 1. The molecule has 0 unspecified atom stereocenters. The lowest BCUT2D eigenvalue weighted by Crippen LogP contribution is -2.26. The molecule has 1 saturated carbocycles. The first-order chi connectivity index (χ1) is 14.9. The molecule has 1 amide bonds. The van der Waals surface area contributed by atoms with E-state index in [1.807, 2.05) is 24.3 Å². The van der Waals surface area contributed by atoms with E-state index in [-0.39, 0.29) is 29.1 Å². The Bertz CT molecular complexity index is 1210. The third kappa shape index (κ3) is 3.36. The van der Waals surface area contributed by atoms with Crippen molar-refractivity contribution in [2.45, 2.75) is 24.9 Å². The van der Waals surface area contributed by atoms with E-state index in [9.17, 15) is 15.0 Å². The molecule has 2 aliphatic rings. The van der Waals surface area contributed by atoms with Gasteiger partial charge >= 0.3 is 0 Å². The molecule has 31 heavy (non-hydrogen) atoms. The summed E-state index contributed by atoms with van der Waals surface area (Å²) in [4.78, 5) is 12.6. The molecular weight excluding hydrogens is 420 g/mol. The van der Waals surface area contributed by atoms with Crippen LogP contribution in [0.3, 0.4) is 0 Å². The van der Waals surface area contributed by atoms with Gasteiger partial charge in [0.25, 0.3) is 11.8 Å². The van der Waals surface area contributed by atoms with Crippen molar-refractivity contribution in [2.24, 2.45) is 0 Å². The van der Waals surface area contributed by atoms with Crippen LogP contribution >= 0.6 is 11.6 Å². The normalized spacial score (nSPS) is 21.3. The summed E-state index contributed by atoms with van der Waals surface area (Å²) in [5, 5.41) is 27.1. The molecule has 2 aromatic carbocycles. The van der Waals surface area contributed by atoms with Crippen LogP contribution in [0.25, 0.3) is 22.5 Å². The van der Waals surface area contributed by atoms with Crippen molar-refractivity contribution in [3.05, 3.63) is 64.4 Å². The number of methoxy groups -OCH3 is 1. The predicted octanol–water partition coefficient (Wildman–Crippen LogP) is 4.62. The monoisotopic (exact) mass is 438 g/mol. The second kappa shape index (κ2) is 7.44. The molecule has 7 nitrogen and oxygen atoms in total. The van der Waals surface area contributed by atoms with Crippen molar-refractivity contribution in [1.82, 2.24) is 5.16 Å². The van der Waals surface area contributed by atoms with Crippen LogP contribution in [0.1, 0.15) is 35.6 Å². The largest absolute Gasteiger partial charge is 0.504 e. The summed E-state index contributed by atoms with van der Waals surface area (Å²) in [6.07, 6.45) is 1.36. The molecule has 3 N–H and O–H groups in total. The van der Waals surface area contributed by atoms with Crippen molar-refractivity contribution in [3.8, 4) is 17.0 Å². The number of hydrogen-bond donors (Lipinski definition) is 3. The Morgan fingerprint density at radius 1 is 1.19 bits per heavy atom. The third-order valence-corrected chi connectivity index (χ3v) is 6.14. The minimum Gasteiger partial charge on any atom is -0.504 e. The van der Waals surface area contributed by atoms with Crippen LogP contribution in [0, 0.1) is 0 Å². The number of benzene rings is 2. The van der Waals surface area contributed by atoms with Gasteiger partial charge < -0.3 is 24.8 Å². The minimum absolute atomic E-state index is 0.0263. The van der Waals surface area contributed by atoms with E-state index >= 15 is 0 Å². The number of carbonyl (C=O) groups excluding carboxylic acids is 1. The van der Waals surface area contributed by atoms with Gasteiger partial charge in [-0.05, 0) is 47.2 Å². The van der Waals surface area contributed by atoms with Crippen LogP contribution in [-0.4, -0.2) is 34.5 Å². The first-order valence-corrected chi connectivity index (χ1v) is 10.2. The molecule has 1 aliphatic heterocycles. The van der Waals surface area contributed by atoms with Crippen molar-refractivity contribution >= 4 is 34.5 Å². The second-order valence-electron chi connectivity index (χ2n) is 7.73. The molecule has 1 aromatic heterocycles.